The highest BCUT2D eigenvalue weighted by Gasteiger charge is 2.30. The largest absolute Gasteiger partial charge is 0.383 e. The third-order valence-electron chi connectivity index (χ3n) is 3.06. The van der Waals surface area contributed by atoms with E-state index in [-0.39, 0.29) is 0 Å². The summed E-state index contributed by atoms with van der Waals surface area (Å²) in [6.45, 7) is 1.78. The van der Waals surface area contributed by atoms with Crippen molar-refractivity contribution in [2.24, 2.45) is 0 Å². The number of rotatable bonds is 6. The van der Waals surface area contributed by atoms with Crippen molar-refractivity contribution in [2.75, 3.05) is 17.6 Å². The Morgan fingerprint density at radius 1 is 1.50 bits per heavy atom. The number of hydrogen-bond acceptors (Lipinski definition) is 6. The molecular formula is C11H16N6S. The zero-order chi connectivity index (χ0) is 12.4. The van der Waals surface area contributed by atoms with Gasteiger partial charge in [0, 0.05) is 24.8 Å². The lowest BCUT2D eigenvalue weighted by Crippen LogP contribution is -2.07. The van der Waals surface area contributed by atoms with Gasteiger partial charge in [-0.3, -0.25) is 4.68 Å². The highest BCUT2D eigenvalue weighted by atomic mass is 32.1. The summed E-state index contributed by atoms with van der Waals surface area (Å²) < 4.78 is 6.07. The molecule has 0 spiro atoms. The molecule has 1 aliphatic carbocycles. The molecule has 3 rings (SSSR count). The second-order valence-electron chi connectivity index (χ2n) is 4.53. The summed E-state index contributed by atoms with van der Waals surface area (Å²) in [6, 6.07) is 0. The predicted octanol–water partition coefficient (Wildman–Crippen LogP) is 1.70. The summed E-state index contributed by atoms with van der Waals surface area (Å²) in [5, 5.41) is 12.3. The van der Waals surface area contributed by atoms with E-state index in [0.29, 0.717) is 11.7 Å². The zero-order valence-corrected chi connectivity index (χ0v) is 10.9. The van der Waals surface area contributed by atoms with E-state index in [9.17, 15) is 0 Å². The molecule has 2 heterocycles. The van der Waals surface area contributed by atoms with Crippen LogP contribution in [0.5, 0.6) is 0 Å². The first-order valence-electron chi connectivity index (χ1n) is 6.17. The minimum absolute atomic E-state index is 0.640. The van der Waals surface area contributed by atoms with Crippen molar-refractivity contribution >= 4 is 22.4 Å². The molecule has 1 fully saturated rings. The van der Waals surface area contributed by atoms with E-state index < -0.39 is 0 Å². The molecule has 7 heteroatoms. The zero-order valence-electron chi connectivity index (χ0n) is 10.0. The maximum atomic E-state index is 5.90. The minimum Gasteiger partial charge on any atom is -0.383 e. The number of hydrogen-bond donors (Lipinski definition) is 2. The standard InChI is InChI=1S/C11H16N6S/c12-10-9(8-2-3-8)11(18-15-10)13-4-1-6-17-7-5-14-16-17/h5,7-8,13H,1-4,6H2,(H2,12,15). The van der Waals surface area contributed by atoms with Gasteiger partial charge in [0.15, 0.2) is 0 Å². The highest BCUT2D eigenvalue weighted by Crippen LogP contribution is 2.47. The molecule has 96 valence electrons. The van der Waals surface area contributed by atoms with E-state index in [4.69, 9.17) is 5.73 Å². The number of nitrogen functional groups attached to an aromatic ring is 1. The number of aromatic nitrogens is 4. The molecule has 0 aromatic carbocycles. The van der Waals surface area contributed by atoms with Gasteiger partial charge in [-0.2, -0.15) is 4.37 Å². The van der Waals surface area contributed by atoms with Crippen molar-refractivity contribution in [1.82, 2.24) is 19.4 Å². The van der Waals surface area contributed by atoms with E-state index in [0.717, 1.165) is 24.5 Å². The highest BCUT2D eigenvalue weighted by molar-refractivity contribution is 7.10. The molecule has 3 N–H and O–H groups in total. The smallest absolute Gasteiger partial charge is 0.142 e. The molecule has 0 amide bonds. The van der Waals surface area contributed by atoms with Gasteiger partial charge in [-0.1, -0.05) is 5.21 Å². The van der Waals surface area contributed by atoms with Gasteiger partial charge in [0.2, 0.25) is 0 Å². The first-order chi connectivity index (χ1) is 8.84. The van der Waals surface area contributed by atoms with Crippen molar-refractivity contribution in [3.05, 3.63) is 18.0 Å². The minimum atomic E-state index is 0.640. The van der Waals surface area contributed by atoms with Crippen LogP contribution in [-0.4, -0.2) is 25.9 Å². The fraction of sp³-hybridized carbons (Fsp3) is 0.545. The molecule has 0 radical (unpaired) electrons. The van der Waals surface area contributed by atoms with Crippen molar-refractivity contribution in [3.8, 4) is 0 Å². The average molecular weight is 264 g/mol. The Labute approximate surface area is 109 Å². The first kappa shape index (κ1) is 11.5. The van der Waals surface area contributed by atoms with Gasteiger partial charge in [0.1, 0.15) is 10.8 Å². The predicted molar refractivity (Wildman–Crippen MR) is 71.6 cm³/mol. The molecule has 0 bridgehead atoms. The number of nitrogens with two attached hydrogens (primary N) is 1. The molecule has 1 saturated carbocycles. The van der Waals surface area contributed by atoms with E-state index in [1.54, 1.807) is 6.20 Å². The number of nitrogens with zero attached hydrogens (tertiary/aromatic N) is 4. The maximum absolute atomic E-state index is 5.90. The molecule has 0 unspecified atom stereocenters. The van der Waals surface area contributed by atoms with Crippen LogP contribution >= 0.6 is 11.5 Å². The molecule has 18 heavy (non-hydrogen) atoms. The van der Waals surface area contributed by atoms with Crippen LogP contribution in [0.4, 0.5) is 10.8 Å². The summed E-state index contributed by atoms with van der Waals surface area (Å²) >= 11 is 1.47. The van der Waals surface area contributed by atoms with Gasteiger partial charge in [-0.25, -0.2) is 0 Å². The van der Waals surface area contributed by atoms with E-state index in [2.05, 4.69) is 20.0 Å². The van der Waals surface area contributed by atoms with Crippen LogP contribution in [0.1, 0.15) is 30.7 Å². The third kappa shape index (κ3) is 2.45. The summed E-state index contributed by atoms with van der Waals surface area (Å²) in [4.78, 5) is 0. The Morgan fingerprint density at radius 2 is 2.39 bits per heavy atom. The number of nitrogens with one attached hydrogen (secondary N) is 1. The van der Waals surface area contributed by atoms with E-state index in [1.165, 1.54) is 29.9 Å². The van der Waals surface area contributed by atoms with Crippen LogP contribution in [0.3, 0.4) is 0 Å². The van der Waals surface area contributed by atoms with Gasteiger partial charge >= 0.3 is 0 Å². The van der Waals surface area contributed by atoms with Crippen LogP contribution in [0.2, 0.25) is 0 Å². The van der Waals surface area contributed by atoms with Crippen molar-refractivity contribution < 1.29 is 0 Å². The average Bonchev–Trinajstić information content (AvgIpc) is 2.93. The molecule has 0 saturated heterocycles. The number of anilines is 2. The SMILES string of the molecule is Nc1nsc(NCCCn2ccnn2)c1C1CC1. The van der Waals surface area contributed by atoms with Crippen LogP contribution in [0.25, 0.3) is 0 Å². The first-order valence-corrected chi connectivity index (χ1v) is 6.95. The Balaban J connectivity index is 1.51. The van der Waals surface area contributed by atoms with Gasteiger partial charge in [0.25, 0.3) is 0 Å². The van der Waals surface area contributed by atoms with Gasteiger partial charge < -0.3 is 11.1 Å². The molecular weight excluding hydrogens is 248 g/mol. The lowest BCUT2D eigenvalue weighted by Gasteiger charge is -2.06. The van der Waals surface area contributed by atoms with Crippen LogP contribution in [-0.2, 0) is 6.54 Å². The Kier molecular flexibility index (Phi) is 3.14. The second kappa shape index (κ2) is 4.93. The van der Waals surface area contributed by atoms with E-state index in [1.807, 2.05) is 10.9 Å². The van der Waals surface area contributed by atoms with Crippen LogP contribution < -0.4 is 11.1 Å². The lowest BCUT2D eigenvalue weighted by atomic mass is 10.2. The summed E-state index contributed by atoms with van der Waals surface area (Å²) in [5.41, 5.74) is 7.14. The normalized spacial score (nSPS) is 14.9. The Hall–Kier alpha value is -1.63. The lowest BCUT2D eigenvalue weighted by molar-refractivity contribution is 0.570. The molecule has 1 aliphatic rings. The quantitative estimate of drug-likeness (QED) is 0.776. The van der Waals surface area contributed by atoms with Crippen LogP contribution in [0.15, 0.2) is 12.4 Å². The monoisotopic (exact) mass is 264 g/mol. The van der Waals surface area contributed by atoms with Crippen LogP contribution in [0, 0.1) is 0 Å². The maximum Gasteiger partial charge on any atom is 0.142 e. The summed E-state index contributed by atoms with van der Waals surface area (Å²) in [5.74, 6) is 1.35. The Morgan fingerprint density at radius 3 is 3.11 bits per heavy atom. The van der Waals surface area contributed by atoms with E-state index >= 15 is 0 Å². The second-order valence-corrected chi connectivity index (χ2v) is 5.30. The topological polar surface area (TPSA) is 81.6 Å². The third-order valence-corrected chi connectivity index (χ3v) is 3.90. The fourth-order valence-corrected chi connectivity index (χ4v) is 2.82. The van der Waals surface area contributed by atoms with Crippen molar-refractivity contribution in [2.45, 2.75) is 31.7 Å². The summed E-state index contributed by atoms with van der Waals surface area (Å²) in [6.07, 6.45) is 7.07. The van der Waals surface area contributed by atoms with Gasteiger partial charge in [-0.15, -0.1) is 5.10 Å². The molecule has 0 atom stereocenters. The van der Waals surface area contributed by atoms with Crippen molar-refractivity contribution in [1.29, 1.82) is 0 Å². The molecule has 6 nitrogen and oxygen atoms in total. The molecule has 0 aliphatic heterocycles. The van der Waals surface area contributed by atoms with Gasteiger partial charge in [-0.05, 0) is 36.7 Å². The number of aryl methyl sites for hydroxylation is 1. The molecule has 2 aromatic rings. The molecule has 2 aromatic heterocycles. The van der Waals surface area contributed by atoms with Crippen molar-refractivity contribution in [3.63, 3.8) is 0 Å². The van der Waals surface area contributed by atoms with Gasteiger partial charge in [0.05, 0.1) is 6.20 Å². The fourth-order valence-electron chi connectivity index (χ4n) is 2.00. The Bertz CT molecular complexity index is 502. The summed E-state index contributed by atoms with van der Waals surface area (Å²) in [7, 11) is 0.